The third-order valence-electron chi connectivity index (χ3n) is 5.88. The van der Waals surface area contributed by atoms with Crippen molar-refractivity contribution in [2.24, 2.45) is 23.7 Å². The maximum absolute atomic E-state index is 12.8. The molecule has 2 saturated heterocycles. The zero-order valence-electron chi connectivity index (χ0n) is 10.8. The molecular weight excluding hydrogens is 248 g/mol. The summed E-state index contributed by atoms with van der Waals surface area (Å²) in [4.78, 5) is 12.8. The lowest BCUT2D eigenvalue weighted by Gasteiger charge is -2.62. The predicted octanol–water partition coefficient (Wildman–Crippen LogP) is 0.718. The monoisotopic (exact) mass is 266 g/mol. The van der Waals surface area contributed by atoms with Crippen LogP contribution in [0.5, 0.6) is 0 Å². The van der Waals surface area contributed by atoms with Gasteiger partial charge < -0.3 is 18.9 Å². The normalized spacial score (nSPS) is 48.7. The van der Waals surface area contributed by atoms with E-state index in [1.807, 2.05) is 0 Å². The minimum Gasteiger partial charge on any atom is -0.346 e. The van der Waals surface area contributed by atoms with Crippen molar-refractivity contribution in [3.05, 3.63) is 0 Å². The molecule has 0 radical (unpaired) electrons. The Morgan fingerprint density at radius 1 is 0.737 bits per heavy atom. The number of ketones is 1. The van der Waals surface area contributed by atoms with E-state index in [1.165, 1.54) is 0 Å². The van der Waals surface area contributed by atoms with E-state index >= 15 is 0 Å². The Morgan fingerprint density at radius 2 is 1.16 bits per heavy atom. The van der Waals surface area contributed by atoms with E-state index in [2.05, 4.69) is 0 Å². The van der Waals surface area contributed by atoms with Gasteiger partial charge in [-0.05, 0) is 19.3 Å². The van der Waals surface area contributed by atoms with Crippen LogP contribution in [-0.4, -0.2) is 43.8 Å². The molecule has 5 nitrogen and oxygen atoms in total. The molecule has 0 N–H and O–H groups in total. The van der Waals surface area contributed by atoms with Gasteiger partial charge >= 0.3 is 0 Å². The predicted molar refractivity (Wildman–Crippen MR) is 62.1 cm³/mol. The van der Waals surface area contributed by atoms with E-state index in [0.29, 0.717) is 38.3 Å². The Hall–Kier alpha value is -0.490. The van der Waals surface area contributed by atoms with Crippen LogP contribution in [0.2, 0.25) is 0 Å². The van der Waals surface area contributed by atoms with Crippen LogP contribution in [0.4, 0.5) is 0 Å². The van der Waals surface area contributed by atoms with Gasteiger partial charge in [-0.1, -0.05) is 0 Å². The van der Waals surface area contributed by atoms with Crippen molar-refractivity contribution in [2.45, 2.75) is 30.8 Å². The van der Waals surface area contributed by atoms with Gasteiger partial charge in [0.15, 0.2) is 11.6 Å². The molecule has 4 atom stereocenters. The van der Waals surface area contributed by atoms with Crippen molar-refractivity contribution < 1.29 is 23.7 Å². The van der Waals surface area contributed by atoms with Gasteiger partial charge in [-0.3, -0.25) is 4.79 Å². The first kappa shape index (κ1) is 11.2. The lowest BCUT2D eigenvalue weighted by atomic mass is 9.50. The van der Waals surface area contributed by atoms with Gasteiger partial charge in [0.25, 0.3) is 0 Å². The molecule has 0 aromatic rings. The van der Waals surface area contributed by atoms with Gasteiger partial charge in [0.1, 0.15) is 5.78 Å². The van der Waals surface area contributed by atoms with E-state index in [4.69, 9.17) is 18.9 Å². The summed E-state index contributed by atoms with van der Waals surface area (Å²) in [6.07, 6.45) is 2.60. The smallest absolute Gasteiger partial charge is 0.181 e. The lowest BCUT2D eigenvalue weighted by molar-refractivity contribution is -0.337. The molecule has 5 heteroatoms. The summed E-state index contributed by atoms with van der Waals surface area (Å²) in [5.41, 5.74) is 0. The van der Waals surface area contributed by atoms with Crippen LogP contribution in [0.15, 0.2) is 0 Å². The molecule has 2 aliphatic heterocycles. The minimum absolute atomic E-state index is 0.101. The average Bonchev–Trinajstić information content (AvgIpc) is 3.05. The molecule has 0 amide bonds. The molecule has 4 aliphatic carbocycles. The standard InChI is InChI=1S/C14H18O5/c15-12-10-7-9-5-8(13(10)16-1-2-17-13)6-11(12)14(9)18-3-4-19-14/h8-11H,1-7H2/t8-,9-,10+,11+/m0/s1. The second-order valence-electron chi connectivity index (χ2n) is 6.45. The largest absolute Gasteiger partial charge is 0.346 e. The van der Waals surface area contributed by atoms with E-state index in [1.54, 1.807) is 0 Å². The molecule has 0 aromatic heterocycles. The van der Waals surface area contributed by atoms with Gasteiger partial charge in [-0.2, -0.15) is 0 Å². The third kappa shape index (κ3) is 1.11. The van der Waals surface area contributed by atoms with Crippen molar-refractivity contribution in [1.82, 2.24) is 0 Å². The number of hydrogen-bond acceptors (Lipinski definition) is 5. The van der Waals surface area contributed by atoms with Crippen LogP contribution in [0, 0.1) is 23.7 Å². The highest BCUT2D eigenvalue weighted by Gasteiger charge is 2.73. The van der Waals surface area contributed by atoms with Crippen molar-refractivity contribution in [1.29, 1.82) is 0 Å². The fraction of sp³-hybridized carbons (Fsp3) is 0.929. The topological polar surface area (TPSA) is 54.0 Å². The fourth-order valence-corrected chi connectivity index (χ4v) is 5.29. The van der Waals surface area contributed by atoms with E-state index in [0.717, 1.165) is 19.3 Å². The number of ether oxygens (including phenoxy) is 4. The molecule has 4 bridgehead atoms. The number of hydrogen-bond donors (Lipinski definition) is 0. The van der Waals surface area contributed by atoms with Crippen molar-refractivity contribution in [2.75, 3.05) is 26.4 Å². The molecule has 6 fully saturated rings. The number of carbonyl (C=O) groups is 1. The first-order valence-electron chi connectivity index (χ1n) is 7.36. The maximum Gasteiger partial charge on any atom is 0.181 e. The second kappa shape index (κ2) is 3.39. The Kier molecular flexibility index (Phi) is 2.00. The summed E-state index contributed by atoms with van der Waals surface area (Å²) in [5.74, 6) is -0.503. The van der Waals surface area contributed by atoms with Gasteiger partial charge in [0, 0.05) is 11.8 Å². The minimum atomic E-state index is -0.607. The Bertz CT molecular complexity index is 397. The molecule has 6 rings (SSSR count). The number of carbonyl (C=O) groups excluding carboxylic acids is 1. The second-order valence-corrected chi connectivity index (χ2v) is 6.45. The third-order valence-corrected chi connectivity index (χ3v) is 5.88. The lowest BCUT2D eigenvalue weighted by Crippen LogP contribution is -2.71. The van der Waals surface area contributed by atoms with Gasteiger partial charge in [0.05, 0.1) is 38.3 Å². The summed E-state index contributed by atoms with van der Waals surface area (Å²) in [6, 6.07) is 0. The summed E-state index contributed by atoms with van der Waals surface area (Å²) < 4.78 is 23.7. The zero-order chi connectivity index (χ0) is 12.7. The molecule has 6 aliphatic rings. The van der Waals surface area contributed by atoms with Crippen molar-refractivity contribution in [3.63, 3.8) is 0 Å². The van der Waals surface area contributed by atoms with Crippen LogP contribution >= 0.6 is 0 Å². The fourth-order valence-electron chi connectivity index (χ4n) is 5.29. The summed E-state index contributed by atoms with van der Waals surface area (Å²) in [7, 11) is 0. The highest BCUT2D eigenvalue weighted by Crippen LogP contribution is 2.64. The maximum atomic E-state index is 12.8. The van der Waals surface area contributed by atoms with E-state index in [9.17, 15) is 4.79 Å². The molecule has 19 heavy (non-hydrogen) atoms. The molecule has 104 valence electrons. The molecule has 4 saturated carbocycles. The SMILES string of the molecule is O=C1[C@H]2C[C@@H]3C[C@@H](C[C@H]1C31OCCO1)C21OCCO1. The Labute approximate surface area is 111 Å². The summed E-state index contributed by atoms with van der Waals surface area (Å²) >= 11 is 0. The first-order chi connectivity index (χ1) is 9.26. The summed E-state index contributed by atoms with van der Waals surface area (Å²) in [5, 5.41) is 0. The molecule has 2 heterocycles. The van der Waals surface area contributed by atoms with Crippen LogP contribution in [0.3, 0.4) is 0 Å². The Balaban J connectivity index is 1.58. The highest BCUT2D eigenvalue weighted by atomic mass is 16.7. The molecule has 0 aromatic carbocycles. The average molecular weight is 266 g/mol. The molecule has 0 unspecified atom stereocenters. The van der Waals surface area contributed by atoms with Gasteiger partial charge in [-0.15, -0.1) is 0 Å². The van der Waals surface area contributed by atoms with Crippen molar-refractivity contribution >= 4 is 5.78 Å². The van der Waals surface area contributed by atoms with Crippen LogP contribution in [0.25, 0.3) is 0 Å². The Morgan fingerprint density at radius 3 is 1.58 bits per heavy atom. The molecular formula is C14H18O5. The number of rotatable bonds is 0. The van der Waals surface area contributed by atoms with E-state index in [-0.39, 0.29) is 17.6 Å². The van der Waals surface area contributed by atoms with Crippen molar-refractivity contribution in [3.8, 4) is 0 Å². The quantitative estimate of drug-likeness (QED) is 0.646. The van der Waals surface area contributed by atoms with Crippen LogP contribution in [0.1, 0.15) is 19.3 Å². The highest BCUT2D eigenvalue weighted by molar-refractivity contribution is 5.88. The first-order valence-corrected chi connectivity index (χ1v) is 7.36. The zero-order valence-corrected chi connectivity index (χ0v) is 10.8. The van der Waals surface area contributed by atoms with Crippen LogP contribution in [-0.2, 0) is 23.7 Å². The van der Waals surface area contributed by atoms with Gasteiger partial charge in [-0.25, -0.2) is 0 Å². The summed E-state index contributed by atoms with van der Waals surface area (Å²) in [6.45, 7) is 2.48. The van der Waals surface area contributed by atoms with Crippen LogP contribution < -0.4 is 0 Å². The number of Topliss-reactive ketones (excluding diaryl/α,β-unsaturated/α-hetero) is 1. The van der Waals surface area contributed by atoms with Gasteiger partial charge in [0.2, 0.25) is 0 Å². The molecule has 2 spiro atoms. The van der Waals surface area contributed by atoms with E-state index < -0.39 is 11.6 Å².